The second kappa shape index (κ2) is 12.5. The van der Waals surface area contributed by atoms with Gasteiger partial charge in [0, 0.05) is 13.0 Å². The molecule has 2 heterocycles. The highest BCUT2D eigenvalue weighted by atomic mass is 16.7. The summed E-state index contributed by atoms with van der Waals surface area (Å²) in [6, 6.07) is 0. The van der Waals surface area contributed by atoms with E-state index in [-0.39, 0.29) is 6.61 Å². The van der Waals surface area contributed by atoms with Gasteiger partial charge in [0.15, 0.2) is 12.6 Å². The van der Waals surface area contributed by atoms with Crippen molar-refractivity contribution in [1.29, 1.82) is 0 Å². The van der Waals surface area contributed by atoms with Crippen molar-refractivity contribution in [3.05, 3.63) is 0 Å². The minimum Gasteiger partial charge on any atom is -0.394 e. The molecule has 11 atom stereocenters. The minimum absolute atomic E-state index is 0.103. The Labute approximate surface area is 194 Å². The van der Waals surface area contributed by atoms with Crippen molar-refractivity contribution in [2.24, 2.45) is 5.92 Å². The molecule has 2 saturated heterocycles. The second-order valence-corrected chi connectivity index (χ2v) is 9.50. The molecule has 2 aliphatic rings. The van der Waals surface area contributed by atoms with Crippen LogP contribution in [-0.4, -0.2) is 151 Å². The largest absolute Gasteiger partial charge is 0.394 e. The van der Waals surface area contributed by atoms with Gasteiger partial charge >= 0.3 is 0 Å². The Balaban J connectivity index is 2.12. The number of likely N-dealkylation sites (N-methyl/N-ethyl adjacent to an activating group) is 1. The zero-order chi connectivity index (χ0) is 24.9. The summed E-state index contributed by atoms with van der Waals surface area (Å²) in [7, 11) is 5.30. The summed E-state index contributed by atoms with van der Waals surface area (Å²) >= 11 is 0. The van der Waals surface area contributed by atoms with Crippen LogP contribution in [0.1, 0.15) is 13.8 Å². The van der Waals surface area contributed by atoms with Crippen molar-refractivity contribution in [3.63, 3.8) is 0 Å². The van der Waals surface area contributed by atoms with E-state index in [1.807, 2.05) is 21.0 Å². The lowest BCUT2D eigenvalue weighted by Gasteiger charge is -2.47. The molecular weight excluding hydrogens is 442 g/mol. The molecule has 0 aromatic rings. The fraction of sp³-hybridized carbons (Fsp3) is 1.00. The molecular formula is C21H42NO11+. The molecule has 2 rings (SSSR count). The van der Waals surface area contributed by atoms with Crippen molar-refractivity contribution in [3.8, 4) is 0 Å². The van der Waals surface area contributed by atoms with Crippen molar-refractivity contribution in [2.45, 2.75) is 75.3 Å². The van der Waals surface area contributed by atoms with E-state index in [4.69, 9.17) is 23.7 Å². The van der Waals surface area contributed by atoms with E-state index in [1.54, 1.807) is 6.92 Å². The number of nitrogens with zero attached hydrogens (tertiary/aromatic N) is 1. The van der Waals surface area contributed by atoms with Gasteiger partial charge in [-0.3, -0.25) is 0 Å². The first-order valence-electron chi connectivity index (χ1n) is 11.4. The third-order valence-corrected chi connectivity index (χ3v) is 6.61. The Kier molecular flexibility index (Phi) is 10.9. The molecule has 2 aliphatic heterocycles. The molecule has 0 aromatic carbocycles. The quantitative estimate of drug-likeness (QED) is 0.166. The van der Waals surface area contributed by atoms with Gasteiger partial charge in [0.2, 0.25) is 0 Å². The summed E-state index contributed by atoms with van der Waals surface area (Å²) < 4.78 is 28.6. The number of rotatable bonds is 11. The first-order valence-corrected chi connectivity index (χ1v) is 11.4. The third kappa shape index (κ3) is 7.03. The number of ether oxygens (including phenoxy) is 5. The van der Waals surface area contributed by atoms with E-state index in [0.717, 1.165) is 6.54 Å². The van der Waals surface area contributed by atoms with E-state index in [0.29, 0.717) is 11.0 Å². The predicted octanol–water partition coefficient (Wildman–Crippen LogP) is -2.99. The molecule has 0 aliphatic carbocycles. The van der Waals surface area contributed by atoms with Crippen LogP contribution in [0.25, 0.3) is 0 Å². The number of hydrogen-bond acceptors (Lipinski definition) is 11. The summed E-state index contributed by atoms with van der Waals surface area (Å²) in [6.45, 7) is 3.82. The lowest BCUT2D eigenvalue weighted by Crippen LogP contribution is -2.64. The molecule has 0 radical (unpaired) electrons. The number of methoxy groups -OCH3 is 1. The van der Waals surface area contributed by atoms with Crippen molar-refractivity contribution < 1.29 is 58.8 Å². The van der Waals surface area contributed by atoms with Crippen LogP contribution in [0.15, 0.2) is 0 Å². The Morgan fingerprint density at radius 2 is 1.52 bits per heavy atom. The molecule has 0 spiro atoms. The maximum absolute atomic E-state index is 11.0. The summed E-state index contributed by atoms with van der Waals surface area (Å²) in [5.74, 6) is -0.549. The molecule has 33 heavy (non-hydrogen) atoms. The van der Waals surface area contributed by atoms with Gasteiger partial charge in [-0.05, 0) is 6.92 Å². The average Bonchev–Trinajstić information content (AvgIpc) is 2.78. The number of aliphatic hydroxyl groups is 6. The van der Waals surface area contributed by atoms with Crippen LogP contribution >= 0.6 is 0 Å². The van der Waals surface area contributed by atoms with Crippen molar-refractivity contribution in [1.82, 2.24) is 0 Å². The van der Waals surface area contributed by atoms with Crippen LogP contribution in [0, 0.1) is 5.92 Å². The van der Waals surface area contributed by atoms with Crippen molar-refractivity contribution >= 4 is 0 Å². The topological polar surface area (TPSA) is 168 Å². The highest BCUT2D eigenvalue weighted by Gasteiger charge is 2.51. The smallest absolute Gasteiger partial charge is 0.187 e. The average molecular weight is 485 g/mol. The van der Waals surface area contributed by atoms with Gasteiger partial charge in [0.05, 0.1) is 52.7 Å². The number of hydrogen-bond donors (Lipinski definition) is 6. The SMILES string of the molecule is CC[N+](C)(C)CC(O)COC1[C@H](OC)OC(CO)[C@H](O[C@@H]2OC(CO)[C@H](C)[C@@H](O)C2O)[C@H]1O. The van der Waals surface area contributed by atoms with Crippen molar-refractivity contribution in [2.75, 3.05) is 54.1 Å². The van der Waals surface area contributed by atoms with Crippen LogP contribution in [0.5, 0.6) is 0 Å². The molecule has 0 amide bonds. The molecule has 0 bridgehead atoms. The van der Waals surface area contributed by atoms with E-state index < -0.39 is 80.5 Å². The summed E-state index contributed by atoms with van der Waals surface area (Å²) in [5.41, 5.74) is 0. The molecule has 196 valence electrons. The number of aliphatic hydroxyl groups excluding tert-OH is 6. The lowest BCUT2D eigenvalue weighted by atomic mass is 9.91. The molecule has 2 fully saturated rings. The third-order valence-electron chi connectivity index (χ3n) is 6.61. The van der Waals surface area contributed by atoms with Gasteiger partial charge < -0.3 is 58.8 Å². The van der Waals surface area contributed by atoms with Crippen LogP contribution in [0.4, 0.5) is 0 Å². The van der Waals surface area contributed by atoms with Gasteiger partial charge in [0.25, 0.3) is 0 Å². The van der Waals surface area contributed by atoms with E-state index in [1.165, 1.54) is 7.11 Å². The Hall–Kier alpha value is -0.480. The highest BCUT2D eigenvalue weighted by Crippen LogP contribution is 2.32. The van der Waals surface area contributed by atoms with Crippen LogP contribution in [0.2, 0.25) is 0 Å². The standard InChI is InChI=1S/C21H42NO11/c1-6-22(3,4)7-12(25)10-30-19-17(28)18(14(9-24)32-21(19)29-5)33-20-16(27)15(26)11(2)13(8-23)31-20/h11-21,23-28H,6-10H2,1-5H3/q+1/t11-,12?,13?,14?,15+,16?,17+,18-,19?,20-,21+/m0/s1. The fourth-order valence-electron chi connectivity index (χ4n) is 4.10. The zero-order valence-corrected chi connectivity index (χ0v) is 20.1. The first kappa shape index (κ1) is 28.8. The Morgan fingerprint density at radius 3 is 2.06 bits per heavy atom. The Bertz CT molecular complexity index is 580. The second-order valence-electron chi connectivity index (χ2n) is 9.50. The van der Waals surface area contributed by atoms with Gasteiger partial charge in [-0.1, -0.05) is 6.92 Å². The normalized spacial score (nSPS) is 41.2. The van der Waals surface area contributed by atoms with E-state index in [9.17, 15) is 30.6 Å². The Morgan fingerprint density at radius 1 is 0.909 bits per heavy atom. The van der Waals surface area contributed by atoms with Gasteiger partial charge in [-0.25, -0.2) is 0 Å². The lowest BCUT2D eigenvalue weighted by molar-refractivity contribution is -0.891. The van der Waals surface area contributed by atoms with Gasteiger partial charge in [0.1, 0.15) is 43.2 Å². The summed E-state index contributed by atoms with van der Waals surface area (Å²) in [6.07, 6.45) is -11.5. The maximum Gasteiger partial charge on any atom is 0.187 e. The van der Waals surface area contributed by atoms with Gasteiger partial charge in [-0.15, -0.1) is 0 Å². The highest BCUT2D eigenvalue weighted by molar-refractivity contribution is 4.94. The summed E-state index contributed by atoms with van der Waals surface area (Å²) in [5, 5.41) is 61.4. The van der Waals surface area contributed by atoms with Gasteiger partial charge in [-0.2, -0.15) is 0 Å². The summed E-state index contributed by atoms with van der Waals surface area (Å²) in [4.78, 5) is 0. The molecule has 5 unspecified atom stereocenters. The van der Waals surface area contributed by atoms with Crippen LogP contribution in [0.3, 0.4) is 0 Å². The fourth-order valence-corrected chi connectivity index (χ4v) is 4.10. The molecule has 0 saturated carbocycles. The van der Waals surface area contributed by atoms with E-state index >= 15 is 0 Å². The maximum atomic E-state index is 11.0. The first-order chi connectivity index (χ1) is 15.5. The van der Waals surface area contributed by atoms with Crippen LogP contribution < -0.4 is 0 Å². The number of quaternary nitrogens is 1. The minimum atomic E-state index is -1.45. The molecule has 0 aromatic heterocycles. The molecule has 6 N–H and O–H groups in total. The zero-order valence-electron chi connectivity index (χ0n) is 20.1. The molecule has 12 heteroatoms. The van der Waals surface area contributed by atoms with Crippen LogP contribution in [-0.2, 0) is 23.7 Å². The monoisotopic (exact) mass is 484 g/mol. The molecule has 12 nitrogen and oxygen atoms in total. The van der Waals surface area contributed by atoms with E-state index in [2.05, 4.69) is 0 Å². The predicted molar refractivity (Wildman–Crippen MR) is 114 cm³/mol.